The van der Waals surface area contributed by atoms with Crippen molar-refractivity contribution >= 4 is 17.6 Å². The molecule has 2 aromatic carbocycles. The molecule has 0 unspecified atom stereocenters. The molecule has 1 heterocycles. The van der Waals surface area contributed by atoms with E-state index in [1.807, 2.05) is 19.1 Å². The number of benzene rings is 2. The second-order valence-electron chi connectivity index (χ2n) is 6.57. The molecule has 1 aliphatic rings. The number of hydrogen-bond donors (Lipinski definition) is 2. The highest BCUT2D eigenvalue weighted by molar-refractivity contribution is 6.04. The molecular weight excluding hydrogens is 362 g/mol. The molecule has 0 spiro atoms. The number of anilines is 1. The Morgan fingerprint density at radius 3 is 2.68 bits per heavy atom. The SMILES string of the molecule is Cc1cc(NC(=O)c2cccc(OCC(=O)O)c2)ccc1OC1CCOCC1. The molecular formula is C21H23NO6. The molecule has 0 radical (unpaired) electrons. The fourth-order valence-electron chi connectivity index (χ4n) is 2.91. The van der Waals surface area contributed by atoms with Crippen LogP contribution in [0.25, 0.3) is 0 Å². The molecule has 1 fully saturated rings. The Hall–Kier alpha value is -3.06. The van der Waals surface area contributed by atoms with Gasteiger partial charge in [0.25, 0.3) is 5.91 Å². The molecule has 0 aromatic heterocycles. The second-order valence-corrected chi connectivity index (χ2v) is 6.57. The molecule has 0 aliphatic carbocycles. The molecule has 0 saturated carbocycles. The summed E-state index contributed by atoms with van der Waals surface area (Å²) in [5.74, 6) is -0.257. The van der Waals surface area contributed by atoms with Crippen molar-refractivity contribution in [3.63, 3.8) is 0 Å². The first-order valence-corrected chi connectivity index (χ1v) is 9.12. The first-order chi connectivity index (χ1) is 13.5. The van der Waals surface area contributed by atoms with Gasteiger partial charge in [0.05, 0.1) is 13.2 Å². The van der Waals surface area contributed by atoms with E-state index in [1.165, 1.54) is 6.07 Å². The number of amides is 1. The standard InChI is InChI=1S/C21H23NO6/c1-14-11-16(5-6-19(14)28-17-7-9-26-10-8-17)22-21(25)15-3-2-4-18(12-15)27-13-20(23)24/h2-6,11-12,17H,7-10,13H2,1H3,(H,22,25)(H,23,24). The fourth-order valence-corrected chi connectivity index (χ4v) is 2.91. The Labute approximate surface area is 163 Å². The van der Waals surface area contributed by atoms with E-state index in [9.17, 15) is 9.59 Å². The van der Waals surface area contributed by atoms with Crippen molar-refractivity contribution in [3.05, 3.63) is 53.6 Å². The molecule has 28 heavy (non-hydrogen) atoms. The van der Waals surface area contributed by atoms with E-state index in [0.717, 1.165) is 24.2 Å². The Bertz CT molecular complexity index is 845. The zero-order valence-electron chi connectivity index (χ0n) is 15.6. The number of hydrogen-bond acceptors (Lipinski definition) is 5. The van der Waals surface area contributed by atoms with Crippen molar-refractivity contribution in [1.29, 1.82) is 0 Å². The van der Waals surface area contributed by atoms with E-state index in [4.69, 9.17) is 19.3 Å². The van der Waals surface area contributed by atoms with Gasteiger partial charge in [-0.3, -0.25) is 4.79 Å². The van der Waals surface area contributed by atoms with E-state index in [-0.39, 0.29) is 12.0 Å². The summed E-state index contributed by atoms with van der Waals surface area (Å²) in [5, 5.41) is 11.5. The molecule has 2 N–H and O–H groups in total. The predicted molar refractivity (Wildman–Crippen MR) is 103 cm³/mol. The normalized spacial score (nSPS) is 14.3. The third kappa shape index (κ3) is 5.47. The van der Waals surface area contributed by atoms with Gasteiger partial charge < -0.3 is 24.6 Å². The van der Waals surface area contributed by atoms with E-state index in [0.29, 0.717) is 30.2 Å². The van der Waals surface area contributed by atoms with Gasteiger partial charge in [0.15, 0.2) is 6.61 Å². The van der Waals surface area contributed by atoms with Crippen LogP contribution in [0.5, 0.6) is 11.5 Å². The number of rotatable bonds is 7. The van der Waals surface area contributed by atoms with Crippen LogP contribution >= 0.6 is 0 Å². The topological polar surface area (TPSA) is 94.1 Å². The maximum atomic E-state index is 12.5. The summed E-state index contributed by atoms with van der Waals surface area (Å²) in [6.45, 7) is 2.91. The lowest BCUT2D eigenvalue weighted by molar-refractivity contribution is -0.139. The first kappa shape index (κ1) is 19.7. The van der Waals surface area contributed by atoms with Crippen molar-refractivity contribution in [2.24, 2.45) is 0 Å². The van der Waals surface area contributed by atoms with Crippen LogP contribution in [-0.4, -0.2) is 42.9 Å². The van der Waals surface area contributed by atoms with Gasteiger partial charge >= 0.3 is 5.97 Å². The van der Waals surface area contributed by atoms with Crippen LogP contribution in [0, 0.1) is 6.92 Å². The van der Waals surface area contributed by atoms with Crippen molar-refractivity contribution in [1.82, 2.24) is 0 Å². The summed E-state index contributed by atoms with van der Waals surface area (Å²) >= 11 is 0. The zero-order valence-corrected chi connectivity index (χ0v) is 15.6. The van der Waals surface area contributed by atoms with Gasteiger partial charge in [-0.15, -0.1) is 0 Å². The van der Waals surface area contributed by atoms with E-state index >= 15 is 0 Å². The van der Waals surface area contributed by atoms with Crippen LogP contribution in [0.2, 0.25) is 0 Å². The third-order valence-electron chi connectivity index (χ3n) is 4.35. The van der Waals surface area contributed by atoms with Crippen LogP contribution in [0.15, 0.2) is 42.5 Å². The van der Waals surface area contributed by atoms with Crippen LogP contribution < -0.4 is 14.8 Å². The number of carbonyl (C=O) groups excluding carboxylic acids is 1. The second kappa shape index (κ2) is 9.23. The highest BCUT2D eigenvalue weighted by Gasteiger charge is 2.16. The zero-order chi connectivity index (χ0) is 19.9. The summed E-state index contributed by atoms with van der Waals surface area (Å²) < 4.78 is 16.5. The Kier molecular flexibility index (Phi) is 6.49. The molecule has 1 amide bonds. The lowest BCUT2D eigenvalue weighted by Gasteiger charge is -2.24. The van der Waals surface area contributed by atoms with E-state index in [2.05, 4.69) is 5.32 Å². The van der Waals surface area contributed by atoms with Crippen LogP contribution in [-0.2, 0) is 9.53 Å². The van der Waals surface area contributed by atoms with Gasteiger partial charge in [-0.1, -0.05) is 6.07 Å². The molecule has 1 aliphatic heterocycles. The van der Waals surface area contributed by atoms with Crippen molar-refractivity contribution in [2.45, 2.75) is 25.9 Å². The van der Waals surface area contributed by atoms with E-state index < -0.39 is 12.6 Å². The Morgan fingerprint density at radius 1 is 1.18 bits per heavy atom. The molecule has 7 heteroatoms. The minimum absolute atomic E-state index is 0.154. The number of carbonyl (C=O) groups is 2. The minimum atomic E-state index is -1.08. The van der Waals surface area contributed by atoms with Crippen molar-refractivity contribution in [2.75, 3.05) is 25.1 Å². The lowest BCUT2D eigenvalue weighted by Crippen LogP contribution is -2.26. The average Bonchev–Trinajstić information content (AvgIpc) is 2.69. The van der Waals surface area contributed by atoms with Crippen LogP contribution in [0.1, 0.15) is 28.8 Å². The van der Waals surface area contributed by atoms with Gasteiger partial charge in [-0.05, 0) is 48.9 Å². The van der Waals surface area contributed by atoms with Crippen molar-refractivity contribution < 1.29 is 28.9 Å². The summed E-state index contributed by atoms with van der Waals surface area (Å²) in [4.78, 5) is 23.1. The largest absolute Gasteiger partial charge is 0.490 e. The number of aryl methyl sites for hydroxylation is 1. The number of aliphatic carboxylic acids is 1. The van der Waals surface area contributed by atoms with Gasteiger partial charge in [-0.2, -0.15) is 0 Å². The Balaban J connectivity index is 1.63. The third-order valence-corrected chi connectivity index (χ3v) is 4.35. The molecule has 0 bridgehead atoms. The van der Waals surface area contributed by atoms with Gasteiger partial charge in [-0.25, -0.2) is 4.79 Å². The lowest BCUT2D eigenvalue weighted by atomic mass is 10.1. The molecule has 148 valence electrons. The number of carboxylic acids is 1. The maximum absolute atomic E-state index is 12.5. The van der Waals surface area contributed by atoms with Crippen LogP contribution in [0.4, 0.5) is 5.69 Å². The number of carboxylic acid groups (broad SMARTS) is 1. The van der Waals surface area contributed by atoms with E-state index in [1.54, 1.807) is 24.3 Å². The summed E-state index contributed by atoms with van der Waals surface area (Å²) in [5.41, 5.74) is 1.96. The maximum Gasteiger partial charge on any atom is 0.341 e. The highest BCUT2D eigenvalue weighted by atomic mass is 16.5. The molecule has 1 saturated heterocycles. The predicted octanol–water partition coefficient (Wildman–Crippen LogP) is 3.27. The Morgan fingerprint density at radius 2 is 1.96 bits per heavy atom. The molecule has 7 nitrogen and oxygen atoms in total. The highest BCUT2D eigenvalue weighted by Crippen LogP contribution is 2.25. The smallest absolute Gasteiger partial charge is 0.341 e. The van der Waals surface area contributed by atoms with Gasteiger partial charge in [0.2, 0.25) is 0 Å². The molecule has 2 aromatic rings. The fraction of sp³-hybridized carbons (Fsp3) is 0.333. The first-order valence-electron chi connectivity index (χ1n) is 9.12. The minimum Gasteiger partial charge on any atom is -0.490 e. The monoisotopic (exact) mass is 385 g/mol. The van der Waals surface area contributed by atoms with Crippen molar-refractivity contribution in [3.8, 4) is 11.5 Å². The average molecular weight is 385 g/mol. The summed E-state index contributed by atoms with van der Waals surface area (Å²) in [6.07, 6.45) is 1.90. The summed E-state index contributed by atoms with van der Waals surface area (Å²) in [6, 6.07) is 11.9. The van der Waals surface area contributed by atoms with Crippen LogP contribution in [0.3, 0.4) is 0 Å². The van der Waals surface area contributed by atoms with Gasteiger partial charge in [0.1, 0.15) is 17.6 Å². The molecule has 0 atom stereocenters. The number of ether oxygens (including phenoxy) is 3. The molecule has 3 rings (SSSR count). The van der Waals surface area contributed by atoms with Gasteiger partial charge in [0, 0.05) is 24.1 Å². The number of nitrogens with one attached hydrogen (secondary N) is 1. The quantitative estimate of drug-likeness (QED) is 0.760. The summed E-state index contributed by atoms with van der Waals surface area (Å²) in [7, 11) is 0.